The molecule has 0 amide bonds. The second-order valence-corrected chi connectivity index (χ2v) is 7.40. The number of rotatable bonds is 8. The van der Waals surface area contributed by atoms with E-state index in [2.05, 4.69) is 0 Å². The molecule has 0 aliphatic heterocycles. The highest BCUT2D eigenvalue weighted by Crippen LogP contribution is 2.31. The van der Waals surface area contributed by atoms with Gasteiger partial charge in [0.1, 0.15) is 11.3 Å². The number of carboxylic acid groups (broad SMARTS) is 1. The van der Waals surface area contributed by atoms with E-state index in [9.17, 15) is 14.7 Å². The summed E-state index contributed by atoms with van der Waals surface area (Å²) < 4.78 is 16.5. The lowest BCUT2D eigenvalue weighted by atomic mass is 9.98. The number of aliphatic carboxylic acids is 1. The van der Waals surface area contributed by atoms with Crippen LogP contribution in [-0.2, 0) is 16.1 Å². The Balaban J connectivity index is 1.57. The van der Waals surface area contributed by atoms with E-state index in [4.69, 9.17) is 13.9 Å². The van der Waals surface area contributed by atoms with Gasteiger partial charge in [-0.3, -0.25) is 0 Å². The van der Waals surface area contributed by atoms with E-state index in [0.717, 1.165) is 27.6 Å². The third kappa shape index (κ3) is 4.87. The predicted molar refractivity (Wildman–Crippen MR) is 121 cm³/mol. The zero-order valence-corrected chi connectivity index (χ0v) is 17.5. The molecule has 4 aromatic rings. The van der Waals surface area contributed by atoms with Crippen molar-refractivity contribution in [3.8, 4) is 16.9 Å². The van der Waals surface area contributed by atoms with Gasteiger partial charge in [0, 0.05) is 23.1 Å². The monoisotopic (exact) mass is 430 g/mol. The molecule has 162 valence electrons. The second kappa shape index (κ2) is 9.49. The average Bonchev–Trinajstić information content (AvgIpc) is 2.78. The van der Waals surface area contributed by atoms with Crippen molar-refractivity contribution in [1.29, 1.82) is 0 Å². The minimum absolute atomic E-state index is 0.130. The van der Waals surface area contributed by atoms with Gasteiger partial charge < -0.3 is 19.0 Å². The summed E-state index contributed by atoms with van der Waals surface area (Å²) in [6.45, 7) is 2.12. The predicted octanol–water partition coefficient (Wildman–Crippen LogP) is 4.82. The van der Waals surface area contributed by atoms with Gasteiger partial charge in [0.15, 0.2) is 0 Å². The number of benzene rings is 3. The van der Waals surface area contributed by atoms with Crippen molar-refractivity contribution in [1.82, 2.24) is 0 Å². The van der Waals surface area contributed by atoms with Crippen molar-refractivity contribution in [2.75, 3.05) is 6.61 Å². The molecule has 0 fully saturated rings. The Bertz CT molecular complexity index is 1290. The van der Waals surface area contributed by atoms with Crippen LogP contribution >= 0.6 is 0 Å². The number of fused-ring (bicyclic) bond motifs is 1. The van der Waals surface area contributed by atoms with Crippen LogP contribution < -0.4 is 10.4 Å². The number of hydrogen-bond donors (Lipinski definition) is 1. The van der Waals surface area contributed by atoms with Crippen LogP contribution in [-0.4, -0.2) is 23.8 Å². The molecule has 6 nitrogen and oxygen atoms in total. The van der Waals surface area contributed by atoms with Crippen LogP contribution in [0.5, 0.6) is 5.75 Å². The summed E-state index contributed by atoms with van der Waals surface area (Å²) in [5, 5.41) is 10.3. The van der Waals surface area contributed by atoms with Crippen molar-refractivity contribution >= 4 is 16.9 Å². The first-order valence-electron chi connectivity index (χ1n) is 10.2. The lowest BCUT2D eigenvalue weighted by Gasteiger charge is -2.16. The molecule has 0 aliphatic rings. The zero-order chi connectivity index (χ0) is 22.5. The fourth-order valence-electron chi connectivity index (χ4n) is 3.49. The average molecular weight is 430 g/mol. The molecular weight excluding hydrogens is 408 g/mol. The smallest absolute Gasteiger partial charge is 0.347 e. The Labute approximate surface area is 184 Å². The van der Waals surface area contributed by atoms with Crippen molar-refractivity contribution in [2.24, 2.45) is 0 Å². The molecule has 1 atom stereocenters. The van der Waals surface area contributed by atoms with Crippen LogP contribution in [0.3, 0.4) is 0 Å². The zero-order valence-electron chi connectivity index (χ0n) is 17.5. The maximum absolute atomic E-state index is 12.2. The van der Waals surface area contributed by atoms with E-state index >= 15 is 0 Å². The second-order valence-electron chi connectivity index (χ2n) is 7.40. The molecule has 1 N–H and O–H groups in total. The Kier molecular flexibility index (Phi) is 6.33. The van der Waals surface area contributed by atoms with Crippen molar-refractivity contribution < 1.29 is 23.8 Å². The lowest BCUT2D eigenvalue weighted by Crippen LogP contribution is -2.32. The topological polar surface area (TPSA) is 86.0 Å². The molecule has 1 unspecified atom stereocenters. The molecule has 1 heterocycles. The minimum atomic E-state index is -1.21. The van der Waals surface area contributed by atoms with Crippen molar-refractivity contribution in [2.45, 2.75) is 19.6 Å². The molecular formula is C26H22O6. The lowest BCUT2D eigenvalue weighted by molar-refractivity contribution is -0.148. The standard InChI is InChI=1S/C26H22O6/c1-17-7-5-6-10-20(17)22-14-25(27)32-23-13-19(11-12-21(22)23)31-24(26(28)29)16-30-15-18-8-3-2-4-9-18/h2-14,24H,15-16H2,1H3,(H,28,29). The van der Waals surface area contributed by atoms with E-state index in [1.54, 1.807) is 12.1 Å². The Hall–Kier alpha value is -3.90. The van der Waals surface area contributed by atoms with Gasteiger partial charge >= 0.3 is 11.6 Å². The first-order chi connectivity index (χ1) is 15.5. The van der Waals surface area contributed by atoms with Crippen molar-refractivity contribution in [3.05, 3.63) is 100 Å². The summed E-state index contributed by atoms with van der Waals surface area (Å²) in [5.74, 6) is -0.869. The van der Waals surface area contributed by atoms with E-state index in [1.807, 2.05) is 61.5 Å². The summed E-state index contributed by atoms with van der Waals surface area (Å²) in [6.07, 6.45) is -1.21. The molecule has 0 saturated heterocycles. The van der Waals surface area contributed by atoms with Gasteiger partial charge in [-0.2, -0.15) is 0 Å². The molecule has 32 heavy (non-hydrogen) atoms. The van der Waals surface area contributed by atoms with Crippen LogP contribution in [0.4, 0.5) is 0 Å². The number of carbonyl (C=O) groups is 1. The molecule has 4 rings (SSSR count). The third-order valence-corrected chi connectivity index (χ3v) is 5.09. The van der Waals surface area contributed by atoms with Gasteiger partial charge in [-0.1, -0.05) is 54.6 Å². The summed E-state index contributed by atoms with van der Waals surface area (Å²) in [4.78, 5) is 23.8. The van der Waals surface area contributed by atoms with E-state index in [0.29, 0.717) is 5.58 Å². The van der Waals surface area contributed by atoms with Gasteiger partial charge in [0.2, 0.25) is 6.10 Å². The third-order valence-electron chi connectivity index (χ3n) is 5.09. The van der Waals surface area contributed by atoms with Crippen LogP contribution in [0, 0.1) is 6.92 Å². The Morgan fingerprint density at radius 3 is 2.47 bits per heavy atom. The summed E-state index contributed by atoms with van der Waals surface area (Å²) >= 11 is 0. The molecule has 0 radical (unpaired) electrons. The summed E-state index contributed by atoms with van der Waals surface area (Å²) in [7, 11) is 0. The molecule has 0 saturated carbocycles. The minimum Gasteiger partial charge on any atom is -0.478 e. The van der Waals surface area contributed by atoms with Crippen molar-refractivity contribution in [3.63, 3.8) is 0 Å². The van der Waals surface area contributed by atoms with Crippen LogP contribution in [0.15, 0.2) is 88.1 Å². The van der Waals surface area contributed by atoms with Gasteiger partial charge in [0.25, 0.3) is 0 Å². The van der Waals surface area contributed by atoms with E-state index < -0.39 is 17.7 Å². The van der Waals surface area contributed by atoms with Gasteiger partial charge in [-0.25, -0.2) is 9.59 Å². The highest BCUT2D eigenvalue weighted by molar-refractivity contribution is 5.94. The van der Waals surface area contributed by atoms with E-state index in [-0.39, 0.29) is 19.0 Å². The molecule has 1 aromatic heterocycles. The maximum atomic E-state index is 12.2. The highest BCUT2D eigenvalue weighted by Gasteiger charge is 2.21. The number of hydrogen-bond acceptors (Lipinski definition) is 5. The van der Waals surface area contributed by atoms with Gasteiger partial charge in [0.05, 0.1) is 13.2 Å². The quantitative estimate of drug-likeness (QED) is 0.404. The molecule has 6 heteroatoms. The SMILES string of the molecule is Cc1ccccc1-c1cc(=O)oc2cc(OC(COCc3ccccc3)C(=O)O)ccc12. The number of carboxylic acids is 1. The van der Waals surface area contributed by atoms with Gasteiger partial charge in [-0.05, 0) is 35.7 Å². The molecule has 0 bridgehead atoms. The first-order valence-corrected chi connectivity index (χ1v) is 10.2. The van der Waals surface area contributed by atoms with Gasteiger partial charge in [-0.15, -0.1) is 0 Å². The summed E-state index contributed by atoms with van der Waals surface area (Å²) in [5.41, 5.74) is 3.48. The normalized spacial score (nSPS) is 11.9. The Morgan fingerprint density at radius 1 is 0.969 bits per heavy atom. The number of ether oxygens (including phenoxy) is 2. The molecule has 0 aliphatic carbocycles. The molecule has 3 aromatic carbocycles. The fourth-order valence-corrected chi connectivity index (χ4v) is 3.49. The first kappa shape index (κ1) is 21.3. The summed E-state index contributed by atoms with van der Waals surface area (Å²) in [6, 6.07) is 23.6. The fraction of sp³-hybridized carbons (Fsp3) is 0.154. The molecule has 0 spiro atoms. The van der Waals surface area contributed by atoms with Crippen LogP contribution in [0.25, 0.3) is 22.1 Å². The highest BCUT2D eigenvalue weighted by atomic mass is 16.6. The van der Waals surface area contributed by atoms with Crippen LogP contribution in [0.2, 0.25) is 0 Å². The van der Waals surface area contributed by atoms with Crippen LogP contribution in [0.1, 0.15) is 11.1 Å². The largest absolute Gasteiger partial charge is 0.478 e. The maximum Gasteiger partial charge on any atom is 0.347 e. The Morgan fingerprint density at radius 2 is 1.72 bits per heavy atom. The van der Waals surface area contributed by atoms with E-state index in [1.165, 1.54) is 12.1 Å². The number of aryl methyl sites for hydroxylation is 1.